The van der Waals surface area contributed by atoms with Crippen molar-refractivity contribution in [1.82, 2.24) is 15.1 Å². The van der Waals surface area contributed by atoms with Crippen LogP contribution < -0.4 is 14.4 Å². The predicted molar refractivity (Wildman–Crippen MR) is 143 cm³/mol. The number of urea groups is 1. The predicted octanol–water partition coefficient (Wildman–Crippen LogP) is 4.62. The quantitative estimate of drug-likeness (QED) is 0.128. The number of unbranched alkanes of at least 4 members (excludes halogenated alkanes) is 4. The van der Waals surface area contributed by atoms with E-state index >= 15 is 0 Å². The van der Waals surface area contributed by atoms with Gasteiger partial charge in [-0.15, -0.1) is 5.10 Å². The lowest BCUT2D eigenvalue weighted by atomic mass is 10.2. The Morgan fingerprint density at radius 2 is 1.84 bits per heavy atom. The molecule has 204 valence electrons. The number of amides is 2. The van der Waals surface area contributed by atoms with Gasteiger partial charge in [-0.2, -0.15) is 0 Å². The summed E-state index contributed by atoms with van der Waals surface area (Å²) in [4.78, 5) is 28.0. The molecule has 0 saturated carbocycles. The zero-order chi connectivity index (χ0) is 26.6. The molecule has 2 aromatic rings. The second kappa shape index (κ2) is 15.0. The molecule has 3 rings (SSSR count). The minimum Gasteiger partial charge on any atom is -0.610 e. The number of likely N-dealkylation sites (N-methyl/N-ethyl adjacent to an activating group) is 1. The Morgan fingerprint density at radius 1 is 1.11 bits per heavy atom. The lowest BCUT2D eigenvalue weighted by Gasteiger charge is -2.19. The average Bonchev–Trinajstić information content (AvgIpc) is 3.46. The fraction of sp³-hybridized carbons (Fsp3) is 0.600. The van der Waals surface area contributed by atoms with Crippen molar-refractivity contribution in [3.63, 3.8) is 0 Å². The molecule has 0 spiro atoms. The molecule has 0 bridgehead atoms. The van der Waals surface area contributed by atoms with E-state index in [0.29, 0.717) is 22.4 Å². The van der Waals surface area contributed by atoms with E-state index in [9.17, 15) is 14.1 Å². The maximum absolute atomic E-state index is 12.7. The minimum atomic E-state index is -1.28. The Morgan fingerprint density at radius 3 is 2.57 bits per heavy atom. The maximum atomic E-state index is 12.7. The lowest BCUT2D eigenvalue weighted by molar-refractivity contribution is -0.148. The van der Waals surface area contributed by atoms with Crippen LogP contribution in [0.5, 0.6) is 11.5 Å². The molecule has 37 heavy (non-hydrogen) atoms. The number of anilines is 1. The zero-order valence-electron chi connectivity index (χ0n) is 21.7. The summed E-state index contributed by atoms with van der Waals surface area (Å²) in [5.41, 5.74) is 0. The van der Waals surface area contributed by atoms with Crippen molar-refractivity contribution in [2.45, 2.75) is 69.4 Å². The Bertz CT molecular complexity index is 1010. The van der Waals surface area contributed by atoms with Crippen molar-refractivity contribution in [3.8, 4) is 11.5 Å². The largest absolute Gasteiger partial charge is 0.610 e. The molecular formula is C25H36N4O6S2. The molecule has 0 aliphatic carbocycles. The molecule has 1 saturated heterocycles. The Balaban J connectivity index is 1.51. The molecule has 0 radical (unpaired) electrons. The van der Waals surface area contributed by atoms with Crippen LogP contribution in [0.3, 0.4) is 0 Å². The number of benzene rings is 1. The summed E-state index contributed by atoms with van der Waals surface area (Å²) in [6.07, 6.45) is 5.26. The number of aromatic nitrogens is 2. The summed E-state index contributed by atoms with van der Waals surface area (Å²) in [5.74, 6) is 1.32. The van der Waals surface area contributed by atoms with Gasteiger partial charge in [-0.3, -0.25) is 4.79 Å². The van der Waals surface area contributed by atoms with E-state index in [2.05, 4.69) is 24.0 Å². The number of hydrogen-bond acceptors (Lipinski definition) is 9. The van der Waals surface area contributed by atoms with Crippen LogP contribution in [0, 0.1) is 0 Å². The third-order valence-electron chi connectivity index (χ3n) is 5.65. The first kappa shape index (κ1) is 29.0. The van der Waals surface area contributed by atoms with E-state index < -0.39 is 23.4 Å². The zero-order valence-corrected chi connectivity index (χ0v) is 23.4. The van der Waals surface area contributed by atoms with E-state index in [1.54, 1.807) is 19.2 Å². The average molecular weight is 553 g/mol. The van der Waals surface area contributed by atoms with Crippen molar-refractivity contribution in [1.29, 1.82) is 0 Å². The van der Waals surface area contributed by atoms with Crippen LogP contribution >= 0.6 is 11.3 Å². The van der Waals surface area contributed by atoms with Gasteiger partial charge in [-0.25, -0.2) is 9.69 Å². The fourth-order valence-electron chi connectivity index (χ4n) is 3.59. The molecule has 1 aromatic heterocycles. The van der Waals surface area contributed by atoms with Crippen LogP contribution in [0.15, 0.2) is 28.6 Å². The van der Waals surface area contributed by atoms with Gasteiger partial charge in [-0.05, 0) is 42.7 Å². The first-order chi connectivity index (χ1) is 17.9. The van der Waals surface area contributed by atoms with Gasteiger partial charge in [0.15, 0.2) is 0 Å². The Hall–Kier alpha value is -2.57. The fourth-order valence-corrected chi connectivity index (χ4v) is 5.82. The van der Waals surface area contributed by atoms with Crippen molar-refractivity contribution in [2.75, 3.05) is 37.5 Å². The summed E-state index contributed by atoms with van der Waals surface area (Å²) in [5, 5.41) is 8.36. The Labute approximate surface area is 225 Å². The van der Waals surface area contributed by atoms with Gasteiger partial charge in [0.2, 0.25) is 11.4 Å². The van der Waals surface area contributed by atoms with Gasteiger partial charge in [0.1, 0.15) is 17.3 Å². The van der Waals surface area contributed by atoms with Gasteiger partial charge in [-0.1, -0.05) is 44.3 Å². The highest BCUT2D eigenvalue weighted by molar-refractivity contribution is 7.93. The van der Waals surface area contributed by atoms with Crippen LogP contribution in [0.2, 0.25) is 0 Å². The number of esters is 1. The number of ether oxygens (including phenoxy) is 3. The molecular weight excluding hydrogens is 516 g/mol. The maximum Gasteiger partial charge on any atom is 0.329 e. The van der Waals surface area contributed by atoms with Gasteiger partial charge in [0.25, 0.3) is 0 Å². The summed E-state index contributed by atoms with van der Waals surface area (Å²) < 4.78 is 29.9. The molecule has 1 aliphatic rings. The summed E-state index contributed by atoms with van der Waals surface area (Å²) in [6.45, 7) is 5.18. The van der Waals surface area contributed by atoms with Crippen molar-refractivity contribution in [3.05, 3.63) is 24.3 Å². The first-order valence-corrected chi connectivity index (χ1v) is 14.9. The second-order valence-corrected chi connectivity index (χ2v) is 11.4. The molecule has 0 N–H and O–H groups in total. The second-order valence-electron chi connectivity index (χ2n) is 8.71. The summed E-state index contributed by atoms with van der Waals surface area (Å²) in [6, 6.07) is 6.92. The smallest absolute Gasteiger partial charge is 0.329 e. The topological polar surface area (TPSA) is 117 Å². The van der Waals surface area contributed by atoms with E-state index in [1.165, 1.54) is 9.80 Å². The number of nitrogens with zero attached hydrogens (tertiary/aromatic N) is 4. The minimum absolute atomic E-state index is 0.00626. The third-order valence-corrected chi connectivity index (χ3v) is 8.30. The van der Waals surface area contributed by atoms with Gasteiger partial charge in [0.05, 0.1) is 26.2 Å². The van der Waals surface area contributed by atoms with Crippen molar-refractivity contribution >= 4 is 39.6 Å². The van der Waals surface area contributed by atoms with E-state index in [0.717, 1.165) is 55.6 Å². The number of hydrogen-bond donors (Lipinski definition) is 0. The highest BCUT2D eigenvalue weighted by Crippen LogP contribution is 2.30. The lowest BCUT2D eigenvalue weighted by Crippen LogP contribution is -2.37. The normalized spacial score (nSPS) is 16.2. The van der Waals surface area contributed by atoms with Crippen LogP contribution in [-0.2, 0) is 20.7 Å². The van der Waals surface area contributed by atoms with Crippen LogP contribution in [0.1, 0.15) is 58.8 Å². The van der Waals surface area contributed by atoms with Crippen molar-refractivity contribution in [2.24, 2.45) is 0 Å². The van der Waals surface area contributed by atoms with Gasteiger partial charge < -0.3 is 23.7 Å². The number of carbonyl (C=O) groups is 2. The molecule has 12 heteroatoms. The van der Waals surface area contributed by atoms with E-state index in [4.69, 9.17) is 14.2 Å². The third kappa shape index (κ3) is 8.75. The van der Waals surface area contributed by atoms with Gasteiger partial charge in [0, 0.05) is 24.3 Å². The molecule has 1 fully saturated rings. The monoisotopic (exact) mass is 552 g/mol. The van der Waals surface area contributed by atoms with Gasteiger partial charge >= 0.3 is 16.3 Å². The highest BCUT2D eigenvalue weighted by atomic mass is 32.2. The Kier molecular flexibility index (Phi) is 11.7. The molecule has 2 unspecified atom stereocenters. The molecule has 2 amide bonds. The van der Waals surface area contributed by atoms with Crippen molar-refractivity contribution < 1.29 is 28.4 Å². The number of carbonyl (C=O) groups excluding carboxylic acids is 2. The molecule has 2 heterocycles. The first-order valence-electron chi connectivity index (χ1n) is 12.7. The standard InChI is InChI=1S/C25H36N4O6S2/c1-4-6-8-9-16-37(32)24-27-26-23(36-24)29-21(18-28(3)25(29)31)35-22(30)13-15-34-20-12-10-11-19(17-20)33-14-7-5-2/h10-12,17,21H,4-9,13-16,18H2,1-3H3. The summed E-state index contributed by atoms with van der Waals surface area (Å²) in [7, 11) is 1.62. The molecule has 1 aliphatic heterocycles. The van der Waals surface area contributed by atoms with Crippen LogP contribution in [0.25, 0.3) is 0 Å². The number of rotatable bonds is 16. The van der Waals surface area contributed by atoms with Crippen LogP contribution in [0.4, 0.5) is 9.93 Å². The molecule has 2 atom stereocenters. The highest BCUT2D eigenvalue weighted by Gasteiger charge is 2.41. The molecule has 10 nitrogen and oxygen atoms in total. The summed E-state index contributed by atoms with van der Waals surface area (Å²) >= 11 is -0.185. The van der Waals surface area contributed by atoms with E-state index in [-0.39, 0.29) is 30.7 Å². The van der Waals surface area contributed by atoms with E-state index in [1.807, 2.05) is 12.1 Å². The molecule has 1 aromatic carbocycles. The SMILES string of the molecule is CCCCCC[S+]([O-])c1nnc(N2C(=O)N(C)CC2OC(=O)CCOc2cccc(OCCCC)c2)s1. The van der Waals surface area contributed by atoms with Crippen LogP contribution in [-0.4, -0.2) is 70.4 Å².